The zero-order chi connectivity index (χ0) is 15.4. The summed E-state index contributed by atoms with van der Waals surface area (Å²) >= 11 is 5.88. The van der Waals surface area contributed by atoms with Crippen LogP contribution in [-0.4, -0.2) is 15.2 Å². The number of benzene rings is 2. The fraction of sp³-hybridized carbons (Fsp3) is 0.176. The zero-order valence-electron chi connectivity index (χ0n) is 12.1. The van der Waals surface area contributed by atoms with Crippen molar-refractivity contribution in [1.82, 2.24) is 15.2 Å². The standard InChI is InChI=1S/C17H17ClN4/c18-14-6-1-12(2-7-14)5-10-16-20-17(22-21-16)11-13-3-8-15(19)9-4-13/h1-4,6-9H,5,10-11,19H2,(H,20,21,22). The molecule has 0 aliphatic carbocycles. The van der Waals surface area contributed by atoms with Gasteiger partial charge in [0.2, 0.25) is 0 Å². The van der Waals surface area contributed by atoms with Crippen LogP contribution in [0.3, 0.4) is 0 Å². The second-order valence-corrected chi connectivity index (χ2v) is 5.68. The molecule has 0 radical (unpaired) electrons. The fourth-order valence-corrected chi connectivity index (χ4v) is 2.39. The fourth-order valence-electron chi connectivity index (χ4n) is 2.26. The third-order valence-electron chi connectivity index (χ3n) is 3.48. The van der Waals surface area contributed by atoms with E-state index in [1.807, 2.05) is 48.5 Å². The predicted octanol–water partition coefficient (Wildman–Crippen LogP) is 3.42. The Hall–Kier alpha value is -2.33. The summed E-state index contributed by atoms with van der Waals surface area (Å²) in [6, 6.07) is 15.7. The third-order valence-corrected chi connectivity index (χ3v) is 3.73. The summed E-state index contributed by atoms with van der Waals surface area (Å²) in [5.41, 5.74) is 8.85. The van der Waals surface area contributed by atoms with E-state index in [-0.39, 0.29) is 0 Å². The van der Waals surface area contributed by atoms with E-state index in [1.54, 1.807) is 0 Å². The van der Waals surface area contributed by atoms with Gasteiger partial charge in [-0.15, -0.1) is 0 Å². The molecule has 4 nitrogen and oxygen atoms in total. The van der Waals surface area contributed by atoms with Gasteiger partial charge in [-0.3, -0.25) is 5.10 Å². The first-order valence-electron chi connectivity index (χ1n) is 7.18. The van der Waals surface area contributed by atoms with E-state index < -0.39 is 0 Å². The van der Waals surface area contributed by atoms with Gasteiger partial charge in [0.05, 0.1) is 0 Å². The van der Waals surface area contributed by atoms with Crippen LogP contribution < -0.4 is 5.73 Å². The summed E-state index contributed by atoms with van der Waals surface area (Å²) in [6.07, 6.45) is 2.43. The summed E-state index contributed by atoms with van der Waals surface area (Å²) in [5.74, 6) is 1.70. The number of halogens is 1. The highest BCUT2D eigenvalue weighted by Gasteiger charge is 2.05. The van der Waals surface area contributed by atoms with E-state index in [1.165, 1.54) is 5.56 Å². The van der Waals surface area contributed by atoms with Crippen LogP contribution in [0.15, 0.2) is 48.5 Å². The van der Waals surface area contributed by atoms with Gasteiger partial charge < -0.3 is 5.73 Å². The number of nitrogens with two attached hydrogens (primary N) is 1. The molecule has 3 rings (SSSR count). The van der Waals surface area contributed by atoms with E-state index in [2.05, 4.69) is 15.2 Å². The van der Waals surface area contributed by atoms with Gasteiger partial charge in [-0.05, 0) is 41.8 Å². The molecule has 22 heavy (non-hydrogen) atoms. The van der Waals surface area contributed by atoms with Crippen molar-refractivity contribution in [2.75, 3.05) is 5.73 Å². The van der Waals surface area contributed by atoms with Gasteiger partial charge in [-0.1, -0.05) is 35.9 Å². The molecule has 0 spiro atoms. The SMILES string of the molecule is Nc1ccc(Cc2nc(CCc3ccc(Cl)cc3)n[nH]2)cc1. The molecule has 1 aromatic heterocycles. The highest BCUT2D eigenvalue weighted by molar-refractivity contribution is 6.30. The van der Waals surface area contributed by atoms with Crippen LogP contribution in [0.5, 0.6) is 0 Å². The lowest BCUT2D eigenvalue weighted by atomic mass is 10.1. The molecule has 0 aliphatic rings. The molecule has 112 valence electrons. The van der Waals surface area contributed by atoms with E-state index in [9.17, 15) is 0 Å². The van der Waals surface area contributed by atoms with Crippen LogP contribution >= 0.6 is 11.6 Å². The minimum absolute atomic E-state index is 0.730. The second kappa shape index (κ2) is 6.62. The summed E-state index contributed by atoms with van der Waals surface area (Å²) < 4.78 is 0. The Morgan fingerprint density at radius 2 is 1.59 bits per heavy atom. The van der Waals surface area contributed by atoms with Gasteiger partial charge >= 0.3 is 0 Å². The largest absolute Gasteiger partial charge is 0.399 e. The van der Waals surface area contributed by atoms with Crippen LogP contribution in [0.2, 0.25) is 5.02 Å². The molecule has 0 amide bonds. The normalized spacial score (nSPS) is 10.8. The van der Waals surface area contributed by atoms with Crippen molar-refractivity contribution in [3.8, 4) is 0 Å². The molecule has 0 fully saturated rings. The van der Waals surface area contributed by atoms with Crippen LogP contribution in [0, 0.1) is 0 Å². The number of nitrogens with zero attached hydrogens (tertiary/aromatic N) is 2. The molecule has 0 unspecified atom stereocenters. The first kappa shape index (κ1) is 14.6. The molecule has 0 saturated heterocycles. The molecule has 5 heteroatoms. The Morgan fingerprint density at radius 1 is 0.909 bits per heavy atom. The van der Waals surface area contributed by atoms with E-state index in [0.717, 1.165) is 47.2 Å². The molecule has 0 bridgehead atoms. The number of aryl methyl sites for hydroxylation is 2. The van der Waals surface area contributed by atoms with Gasteiger partial charge in [-0.25, -0.2) is 4.98 Å². The molecule has 0 saturated carbocycles. The van der Waals surface area contributed by atoms with Crippen molar-refractivity contribution >= 4 is 17.3 Å². The molecular formula is C17H17ClN4. The lowest BCUT2D eigenvalue weighted by molar-refractivity contribution is 0.865. The lowest BCUT2D eigenvalue weighted by Crippen LogP contribution is -1.94. The second-order valence-electron chi connectivity index (χ2n) is 5.24. The molecule has 0 aliphatic heterocycles. The number of H-pyrrole nitrogens is 1. The van der Waals surface area contributed by atoms with Crippen LogP contribution in [-0.2, 0) is 19.3 Å². The molecular weight excluding hydrogens is 296 g/mol. The van der Waals surface area contributed by atoms with Gasteiger partial charge in [0.15, 0.2) is 5.82 Å². The van der Waals surface area contributed by atoms with Crippen molar-refractivity contribution in [3.63, 3.8) is 0 Å². The average Bonchev–Trinajstić information content (AvgIpc) is 2.97. The smallest absolute Gasteiger partial charge is 0.151 e. The van der Waals surface area contributed by atoms with Crippen molar-refractivity contribution in [2.45, 2.75) is 19.3 Å². The van der Waals surface area contributed by atoms with Gasteiger partial charge in [0.1, 0.15) is 5.82 Å². The highest BCUT2D eigenvalue weighted by Crippen LogP contribution is 2.12. The summed E-state index contributed by atoms with van der Waals surface area (Å²) in [7, 11) is 0. The Kier molecular flexibility index (Phi) is 4.39. The number of aromatic amines is 1. The highest BCUT2D eigenvalue weighted by atomic mass is 35.5. The Balaban J connectivity index is 1.59. The monoisotopic (exact) mass is 312 g/mol. The Morgan fingerprint density at radius 3 is 2.32 bits per heavy atom. The Labute approximate surface area is 134 Å². The molecule has 1 heterocycles. The summed E-state index contributed by atoms with van der Waals surface area (Å²) in [4.78, 5) is 4.54. The lowest BCUT2D eigenvalue weighted by Gasteiger charge is -1.99. The molecule has 0 atom stereocenters. The number of aromatic nitrogens is 3. The molecule has 3 aromatic rings. The number of hydrogen-bond acceptors (Lipinski definition) is 3. The maximum Gasteiger partial charge on any atom is 0.151 e. The predicted molar refractivity (Wildman–Crippen MR) is 88.9 cm³/mol. The van der Waals surface area contributed by atoms with Crippen molar-refractivity contribution in [3.05, 3.63) is 76.3 Å². The number of nitrogen functional groups attached to an aromatic ring is 1. The minimum atomic E-state index is 0.730. The number of rotatable bonds is 5. The maximum absolute atomic E-state index is 5.88. The number of anilines is 1. The Bertz CT molecular complexity index is 732. The zero-order valence-corrected chi connectivity index (χ0v) is 12.8. The van der Waals surface area contributed by atoms with E-state index in [4.69, 9.17) is 17.3 Å². The third kappa shape index (κ3) is 3.86. The molecule has 3 N–H and O–H groups in total. The van der Waals surface area contributed by atoms with Gasteiger partial charge in [0.25, 0.3) is 0 Å². The van der Waals surface area contributed by atoms with Crippen molar-refractivity contribution < 1.29 is 0 Å². The van der Waals surface area contributed by atoms with Crippen LogP contribution in [0.1, 0.15) is 22.8 Å². The van der Waals surface area contributed by atoms with Gasteiger partial charge in [0, 0.05) is 23.6 Å². The summed E-state index contributed by atoms with van der Waals surface area (Å²) in [6.45, 7) is 0. The summed E-state index contributed by atoms with van der Waals surface area (Å²) in [5, 5.41) is 8.03. The first-order chi connectivity index (χ1) is 10.7. The average molecular weight is 313 g/mol. The topological polar surface area (TPSA) is 67.6 Å². The van der Waals surface area contributed by atoms with Crippen LogP contribution in [0.25, 0.3) is 0 Å². The van der Waals surface area contributed by atoms with E-state index in [0.29, 0.717) is 0 Å². The van der Waals surface area contributed by atoms with Gasteiger partial charge in [-0.2, -0.15) is 5.10 Å². The quantitative estimate of drug-likeness (QED) is 0.709. The maximum atomic E-state index is 5.88. The number of hydrogen-bond donors (Lipinski definition) is 2. The first-order valence-corrected chi connectivity index (χ1v) is 7.56. The van der Waals surface area contributed by atoms with Crippen molar-refractivity contribution in [1.29, 1.82) is 0 Å². The minimum Gasteiger partial charge on any atom is -0.399 e. The van der Waals surface area contributed by atoms with Crippen LogP contribution in [0.4, 0.5) is 5.69 Å². The van der Waals surface area contributed by atoms with Crippen molar-refractivity contribution in [2.24, 2.45) is 0 Å². The van der Waals surface area contributed by atoms with E-state index >= 15 is 0 Å². The number of nitrogens with one attached hydrogen (secondary N) is 1. The molecule has 2 aromatic carbocycles.